The number of benzene rings is 1. The van der Waals surface area contributed by atoms with Crippen molar-refractivity contribution in [2.24, 2.45) is 0 Å². The highest BCUT2D eigenvalue weighted by molar-refractivity contribution is 5.53. The maximum Gasteiger partial charge on any atom is 0.123 e. The molecule has 0 atom stereocenters. The number of fused-ring (bicyclic) bond motifs is 1. The molecule has 0 saturated carbocycles. The first-order valence-electron chi connectivity index (χ1n) is 6.64. The van der Waals surface area contributed by atoms with Crippen molar-refractivity contribution in [1.82, 2.24) is 9.38 Å². The van der Waals surface area contributed by atoms with E-state index in [0.29, 0.717) is 0 Å². The number of nitrogens with one attached hydrogen (secondary N) is 1. The number of nitrogens with zero attached hydrogens (tertiary/aromatic N) is 2. The van der Waals surface area contributed by atoms with Crippen molar-refractivity contribution in [1.29, 1.82) is 0 Å². The van der Waals surface area contributed by atoms with Gasteiger partial charge in [0.25, 0.3) is 0 Å². The van der Waals surface area contributed by atoms with Gasteiger partial charge in [-0.05, 0) is 36.2 Å². The summed E-state index contributed by atoms with van der Waals surface area (Å²) in [6, 6.07) is 10.8. The third-order valence-corrected chi connectivity index (χ3v) is 3.42. The standard InChI is InChI=1S/C16H16FN3/c1-18-14-6-7-15-10-19-16(20(15)11-14)8-5-12-3-2-4-13(17)9-12/h2-4,6-7,9-11,18H,5,8H2,1H3. The van der Waals surface area contributed by atoms with Crippen LogP contribution in [-0.2, 0) is 12.8 Å². The summed E-state index contributed by atoms with van der Waals surface area (Å²) in [6.45, 7) is 0. The summed E-state index contributed by atoms with van der Waals surface area (Å²) in [5.74, 6) is 0.800. The molecule has 0 amide bonds. The van der Waals surface area contributed by atoms with Gasteiger partial charge in [0.05, 0.1) is 17.4 Å². The van der Waals surface area contributed by atoms with Crippen LogP contribution in [0.25, 0.3) is 5.52 Å². The predicted molar refractivity (Wildman–Crippen MR) is 78.5 cm³/mol. The lowest BCUT2D eigenvalue weighted by atomic mass is 10.1. The van der Waals surface area contributed by atoms with Crippen LogP contribution in [0.5, 0.6) is 0 Å². The molecule has 0 aliphatic heterocycles. The normalized spacial score (nSPS) is 10.9. The van der Waals surface area contributed by atoms with E-state index < -0.39 is 0 Å². The Bertz CT molecular complexity index is 733. The molecule has 1 N–H and O–H groups in total. The van der Waals surface area contributed by atoms with Crippen molar-refractivity contribution in [3.05, 3.63) is 66.0 Å². The van der Waals surface area contributed by atoms with Gasteiger partial charge in [-0.15, -0.1) is 0 Å². The van der Waals surface area contributed by atoms with E-state index in [0.717, 1.165) is 35.4 Å². The highest BCUT2D eigenvalue weighted by atomic mass is 19.1. The highest BCUT2D eigenvalue weighted by Crippen LogP contribution is 2.14. The second-order valence-corrected chi connectivity index (χ2v) is 4.77. The number of aryl methyl sites for hydroxylation is 2. The molecule has 0 aliphatic carbocycles. The highest BCUT2D eigenvalue weighted by Gasteiger charge is 2.05. The van der Waals surface area contributed by atoms with Gasteiger partial charge in [0.1, 0.15) is 11.6 Å². The fourth-order valence-electron chi connectivity index (χ4n) is 2.33. The van der Waals surface area contributed by atoms with Crippen LogP contribution in [0.4, 0.5) is 10.1 Å². The Kier molecular flexibility index (Phi) is 3.37. The van der Waals surface area contributed by atoms with Gasteiger partial charge < -0.3 is 9.72 Å². The van der Waals surface area contributed by atoms with Gasteiger partial charge in [-0.3, -0.25) is 0 Å². The molecule has 4 heteroatoms. The fraction of sp³-hybridized carbons (Fsp3) is 0.188. The summed E-state index contributed by atoms with van der Waals surface area (Å²) >= 11 is 0. The number of imidazole rings is 1. The minimum Gasteiger partial charge on any atom is -0.387 e. The van der Waals surface area contributed by atoms with Crippen LogP contribution in [0.2, 0.25) is 0 Å². The Labute approximate surface area is 117 Å². The second-order valence-electron chi connectivity index (χ2n) is 4.77. The van der Waals surface area contributed by atoms with E-state index in [1.807, 2.05) is 37.6 Å². The van der Waals surface area contributed by atoms with E-state index in [9.17, 15) is 4.39 Å². The molecular weight excluding hydrogens is 253 g/mol. The summed E-state index contributed by atoms with van der Waals surface area (Å²) in [5, 5.41) is 3.12. The third-order valence-electron chi connectivity index (χ3n) is 3.42. The average molecular weight is 269 g/mol. The number of hydrogen-bond acceptors (Lipinski definition) is 2. The fourth-order valence-corrected chi connectivity index (χ4v) is 2.33. The summed E-state index contributed by atoms with van der Waals surface area (Å²) in [5.41, 5.74) is 3.10. The van der Waals surface area contributed by atoms with E-state index in [1.54, 1.807) is 12.1 Å². The Morgan fingerprint density at radius 3 is 2.90 bits per heavy atom. The van der Waals surface area contributed by atoms with Gasteiger partial charge in [-0.1, -0.05) is 12.1 Å². The molecule has 0 spiro atoms. The Morgan fingerprint density at radius 1 is 1.20 bits per heavy atom. The number of hydrogen-bond donors (Lipinski definition) is 1. The number of rotatable bonds is 4. The van der Waals surface area contributed by atoms with Crippen LogP contribution < -0.4 is 5.32 Å². The van der Waals surface area contributed by atoms with Crippen LogP contribution >= 0.6 is 0 Å². The first-order valence-corrected chi connectivity index (χ1v) is 6.64. The van der Waals surface area contributed by atoms with Crippen molar-refractivity contribution >= 4 is 11.2 Å². The average Bonchev–Trinajstić information content (AvgIpc) is 2.87. The second kappa shape index (κ2) is 5.33. The molecule has 0 bridgehead atoms. The van der Waals surface area contributed by atoms with Crippen LogP contribution in [0, 0.1) is 5.82 Å². The summed E-state index contributed by atoms with van der Waals surface area (Å²) in [4.78, 5) is 4.45. The summed E-state index contributed by atoms with van der Waals surface area (Å²) in [7, 11) is 1.89. The van der Waals surface area contributed by atoms with Crippen molar-refractivity contribution in [2.45, 2.75) is 12.8 Å². The first kappa shape index (κ1) is 12.7. The van der Waals surface area contributed by atoms with E-state index in [-0.39, 0.29) is 5.82 Å². The first-order chi connectivity index (χ1) is 9.76. The number of anilines is 1. The van der Waals surface area contributed by atoms with E-state index in [2.05, 4.69) is 14.7 Å². The topological polar surface area (TPSA) is 29.3 Å². The molecule has 2 aromatic heterocycles. The summed E-state index contributed by atoms with van der Waals surface area (Å²) in [6.07, 6.45) is 5.45. The molecule has 2 heterocycles. The zero-order chi connectivity index (χ0) is 13.9. The zero-order valence-electron chi connectivity index (χ0n) is 11.3. The van der Waals surface area contributed by atoms with E-state index in [4.69, 9.17) is 0 Å². The Balaban J connectivity index is 1.83. The zero-order valence-corrected chi connectivity index (χ0v) is 11.3. The number of halogens is 1. The lowest BCUT2D eigenvalue weighted by Crippen LogP contribution is -1.99. The van der Waals surface area contributed by atoms with Crippen LogP contribution in [0.1, 0.15) is 11.4 Å². The minimum atomic E-state index is -0.187. The Hall–Kier alpha value is -2.36. The van der Waals surface area contributed by atoms with Crippen molar-refractivity contribution in [3.8, 4) is 0 Å². The van der Waals surface area contributed by atoms with Crippen LogP contribution in [-0.4, -0.2) is 16.4 Å². The lowest BCUT2D eigenvalue weighted by molar-refractivity contribution is 0.625. The van der Waals surface area contributed by atoms with Crippen LogP contribution in [0.15, 0.2) is 48.8 Å². The SMILES string of the molecule is CNc1ccc2cnc(CCc3cccc(F)c3)n2c1. The third kappa shape index (κ3) is 2.50. The van der Waals surface area contributed by atoms with Crippen molar-refractivity contribution in [3.63, 3.8) is 0 Å². The predicted octanol–water partition coefficient (Wildman–Crippen LogP) is 3.30. The molecule has 0 unspecified atom stereocenters. The van der Waals surface area contributed by atoms with Gasteiger partial charge in [0, 0.05) is 19.7 Å². The smallest absolute Gasteiger partial charge is 0.123 e. The van der Waals surface area contributed by atoms with Crippen LogP contribution in [0.3, 0.4) is 0 Å². The molecule has 0 aliphatic rings. The molecule has 102 valence electrons. The van der Waals surface area contributed by atoms with Gasteiger partial charge in [0.15, 0.2) is 0 Å². The molecule has 0 fully saturated rings. The van der Waals surface area contributed by atoms with E-state index in [1.165, 1.54) is 6.07 Å². The Morgan fingerprint density at radius 2 is 2.10 bits per heavy atom. The number of pyridine rings is 1. The largest absolute Gasteiger partial charge is 0.387 e. The van der Waals surface area contributed by atoms with Crippen molar-refractivity contribution in [2.75, 3.05) is 12.4 Å². The molecule has 0 radical (unpaired) electrons. The van der Waals surface area contributed by atoms with E-state index >= 15 is 0 Å². The maximum atomic E-state index is 13.2. The minimum absolute atomic E-state index is 0.187. The van der Waals surface area contributed by atoms with Gasteiger partial charge in [-0.2, -0.15) is 0 Å². The van der Waals surface area contributed by atoms with Crippen molar-refractivity contribution < 1.29 is 4.39 Å². The molecule has 1 aromatic carbocycles. The molecule has 3 nitrogen and oxygen atoms in total. The molecular formula is C16H16FN3. The molecule has 3 rings (SSSR count). The lowest BCUT2D eigenvalue weighted by Gasteiger charge is -2.05. The maximum absolute atomic E-state index is 13.2. The summed E-state index contributed by atoms with van der Waals surface area (Å²) < 4.78 is 15.2. The molecule has 20 heavy (non-hydrogen) atoms. The number of aromatic nitrogens is 2. The molecule has 3 aromatic rings. The van der Waals surface area contributed by atoms with Gasteiger partial charge >= 0.3 is 0 Å². The van der Waals surface area contributed by atoms with Gasteiger partial charge in [-0.25, -0.2) is 9.37 Å². The quantitative estimate of drug-likeness (QED) is 0.787. The van der Waals surface area contributed by atoms with Gasteiger partial charge in [0.2, 0.25) is 0 Å². The molecule has 0 saturated heterocycles. The monoisotopic (exact) mass is 269 g/mol.